The number of hydrazone groups is 1. The molecule has 4 heteroatoms. The number of halogens is 1. The van der Waals surface area contributed by atoms with Crippen molar-refractivity contribution in [3.8, 4) is 0 Å². The predicted octanol–water partition coefficient (Wildman–Crippen LogP) is 5.35. The molecule has 0 saturated carbocycles. The van der Waals surface area contributed by atoms with Crippen molar-refractivity contribution in [2.75, 3.05) is 0 Å². The van der Waals surface area contributed by atoms with Gasteiger partial charge in [-0.05, 0) is 40.5 Å². The Bertz CT molecular complexity index is 978. The second-order valence-corrected chi connectivity index (χ2v) is 6.88. The number of amides is 1. The van der Waals surface area contributed by atoms with Gasteiger partial charge >= 0.3 is 0 Å². The van der Waals surface area contributed by atoms with Crippen LogP contribution in [0.3, 0.4) is 0 Å². The summed E-state index contributed by atoms with van der Waals surface area (Å²) in [5.74, 6) is -0.138. The zero-order chi connectivity index (χ0) is 18.4. The first kappa shape index (κ1) is 18.1. The van der Waals surface area contributed by atoms with E-state index >= 15 is 0 Å². The first-order valence-corrected chi connectivity index (χ1v) is 9.14. The van der Waals surface area contributed by atoms with Crippen molar-refractivity contribution in [3.05, 3.63) is 87.9 Å². The van der Waals surface area contributed by atoms with Gasteiger partial charge in [0.05, 0.1) is 12.6 Å². The number of hydrogen-bond acceptors (Lipinski definition) is 2. The van der Waals surface area contributed by atoms with Crippen LogP contribution in [0, 0.1) is 0 Å². The van der Waals surface area contributed by atoms with E-state index in [1.165, 1.54) is 0 Å². The molecule has 3 rings (SSSR count). The van der Waals surface area contributed by atoms with E-state index < -0.39 is 0 Å². The van der Waals surface area contributed by atoms with E-state index in [4.69, 9.17) is 0 Å². The van der Waals surface area contributed by atoms with Crippen LogP contribution >= 0.6 is 15.9 Å². The van der Waals surface area contributed by atoms with E-state index in [1.807, 2.05) is 79.7 Å². The molecule has 0 aliphatic rings. The molecule has 0 fully saturated rings. The molecule has 3 nitrogen and oxygen atoms in total. The van der Waals surface area contributed by atoms with Crippen LogP contribution in [-0.4, -0.2) is 12.1 Å². The zero-order valence-electron chi connectivity index (χ0n) is 14.4. The van der Waals surface area contributed by atoms with Crippen LogP contribution in [0.1, 0.15) is 18.1 Å². The average Bonchev–Trinajstić information content (AvgIpc) is 2.65. The standard InChI is InChI=1S/C22H19BrN2O/c1-16(13-17-7-3-2-4-8-17)15-24-25-22(26)14-18-11-12-21(23)20-10-6-5-9-19(18)20/h2-13,15H,14H2,1H3,(H,25,26)/b16-13+,24-15+. The minimum absolute atomic E-state index is 0.138. The number of fused-ring (bicyclic) bond motifs is 1. The molecule has 0 saturated heterocycles. The first-order chi connectivity index (χ1) is 12.6. The molecule has 0 radical (unpaired) electrons. The fourth-order valence-electron chi connectivity index (χ4n) is 2.75. The van der Waals surface area contributed by atoms with E-state index in [1.54, 1.807) is 6.21 Å². The normalized spacial score (nSPS) is 11.8. The SMILES string of the molecule is CC(/C=N/NC(=O)Cc1ccc(Br)c2ccccc12)=C\c1ccccc1. The van der Waals surface area contributed by atoms with Crippen LogP contribution in [0.15, 0.2) is 81.9 Å². The van der Waals surface area contributed by atoms with Crippen molar-refractivity contribution < 1.29 is 4.79 Å². The lowest BCUT2D eigenvalue weighted by Gasteiger charge is -2.07. The Hall–Kier alpha value is -2.72. The van der Waals surface area contributed by atoms with Crippen LogP contribution < -0.4 is 5.43 Å². The van der Waals surface area contributed by atoms with E-state index in [0.29, 0.717) is 0 Å². The maximum absolute atomic E-state index is 12.2. The molecule has 0 heterocycles. The van der Waals surface area contributed by atoms with Gasteiger partial charge in [0.2, 0.25) is 5.91 Å². The fraction of sp³-hybridized carbons (Fsp3) is 0.0909. The lowest BCUT2D eigenvalue weighted by atomic mass is 10.0. The molecular formula is C22H19BrN2O. The molecule has 0 aromatic heterocycles. The van der Waals surface area contributed by atoms with E-state index in [-0.39, 0.29) is 12.3 Å². The van der Waals surface area contributed by atoms with E-state index in [9.17, 15) is 4.79 Å². The van der Waals surface area contributed by atoms with Gasteiger partial charge in [-0.1, -0.05) is 82.7 Å². The van der Waals surface area contributed by atoms with Crippen molar-refractivity contribution in [3.63, 3.8) is 0 Å². The van der Waals surface area contributed by atoms with Gasteiger partial charge in [0.25, 0.3) is 0 Å². The van der Waals surface area contributed by atoms with Crippen LogP contribution in [0.2, 0.25) is 0 Å². The summed E-state index contributed by atoms with van der Waals surface area (Å²) in [4.78, 5) is 12.2. The first-order valence-electron chi connectivity index (χ1n) is 8.35. The summed E-state index contributed by atoms with van der Waals surface area (Å²) in [5.41, 5.74) is 5.65. The van der Waals surface area contributed by atoms with E-state index in [0.717, 1.165) is 31.9 Å². The van der Waals surface area contributed by atoms with Gasteiger partial charge in [0, 0.05) is 4.47 Å². The quantitative estimate of drug-likeness (QED) is 0.450. The number of benzene rings is 3. The minimum Gasteiger partial charge on any atom is -0.273 e. The summed E-state index contributed by atoms with van der Waals surface area (Å²) in [6, 6.07) is 22.0. The lowest BCUT2D eigenvalue weighted by molar-refractivity contribution is -0.120. The van der Waals surface area contributed by atoms with Gasteiger partial charge in [-0.3, -0.25) is 4.79 Å². The molecule has 0 unspecified atom stereocenters. The molecule has 130 valence electrons. The topological polar surface area (TPSA) is 41.5 Å². The van der Waals surface area contributed by atoms with Crippen LogP contribution in [0.4, 0.5) is 0 Å². The van der Waals surface area contributed by atoms with Crippen molar-refractivity contribution >= 4 is 44.9 Å². The lowest BCUT2D eigenvalue weighted by Crippen LogP contribution is -2.19. The molecule has 3 aromatic carbocycles. The van der Waals surface area contributed by atoms with Crippen LogP contribution in [0.25, 0.3) is 16.8 Å². The molecule has 0 bridgehead atoms. The van der Waals surface area contributed by atoms with Crippen LogP contribution in [-0.2, 0) is 11.2 Å². The predicted molar refractivity (Wildman–Crippen MR) is 112 cm³/mol. The Morgan fingerprint density at radius 2 is 1.69 bits per heavy atom. The highest BCUT2D eigenvalue weighted by Gasteiger charge is 2.08. The van der Waals surface area contributed by atoms with Gasteiger partial charge in [0.1, 0.15) is 0 Å². The summed E-state index contributed by atoms with van der Waals surface area (Å²) < 4.78 is 1.02. The number of hydrogen-bond donors (Lipinski definition) is 1. The molecule has 3 aromatic rings. The molecular weight excluding hydrogens is 388 g/mol. The van der Waals surface area contributed by atoms with Crippen molar-refractivity contribution in [1.29, 1.82) is 0 Å². The second kappa shape index (κ2) is 8.59. The maximum atomic E-state index is 12.2. The van der Waals surface area contributed by atoms with Gasteiger partial charge in [-0.25, -0.2) is 5.43 Å². The summed E-state index contributed by atoms with van der Waals surface area (Å²) in [6.07, 6.45) is 3.95. The average molecular weight is 407 g/mol. The molecule has 1 amide bonds. The fourth-order valence-corrected chi connectivity index (χ4v) is 3.22. The molecule has 1 N–H and O–H groups in total. The maximum Gasteiger partial charge on any atom is 0.244 e. The van der Waals surface area contributed by atoms with Gasteiger partial charge < -0.3 is 0 Å². The Kier molecular flexibility index (Phi) is 5.97. The molecule has 26 heavy (non-hydrogen) atoms. The van der Waals surface area contributed by atoms with Gasteiger partial charge in [-0.15, -0.1) is 0 Å². The molecule has 0 aliphatic heterocycles. The number of nitrogens with zero attached hydrogens (tertiary/aromatic N) is 1. The number of carbonyl (C=O) groups excluding carboxylic acids is 1. The van der Waals surface area contributed by atoms with Crippen molar-refractivity contribution in [2.24, 2.45) is 5.10 Å². The number of rotatable bonds is 5. The summed E-state index contributed by atoms with van der Waals surface area (Å²) in [5, 5.41) is 6.23. The third-order valence-electron chi connectivity index (χ3n) is 3.96. The second-order valence-electron chi connectivity index (χ2n) is 6.02. The van der Waals surface area contributed by atoms with Crippen molar-refractivity contribution in [2.45, 2.75) is 13.3 Å². The summed E-state index contributed by atoms with van der Waals surface area (Å²) >= 11 is 3.55. The van der Waals surface area contributed by atoms with E-state index in [2.05, 4.69) is 26.5 Å². The van der Waals surface area contributed by atoms with Crippen LogP contribution in [0.5, 0.6) is 0 Å². The third-order valence-corrected chi connectivity index (χ3v) is 4.66. The Labute approximate surface area is 161 Å². The Balaban J connectivity index is 1.65. The third kappa shape index (κ3) is 4.67. The summed E-state index contributed by atoms with van der Waals surface area (Å²) in [6.45, 7) is 1.95. The Morgan fingerprint density at radius 1 is 1.00 bits per heavy atom. The highest BCUT2D eigenvalue weighted by molar-refractivity contribution is 9.10. The molecule has 0 atom stereocenters. The number of carbonyl (C=O) groups is 1. The largest absolute Gasteiger partial charge is 0.273 e. The highest BCUT2D eigenvalue weighted by atomic mass is 79.9. The zero-order valence-corrected chi connectivity index (χ0v) is 16.0. The number of nitrogens with one attached hydrogen (secondary N) is 1. The molecule has 0 spiro atoms. The Morgan fingerprint density at radius 3 is 2.46 bits per heavy atom. The molecule has 0 aliphatic carbocycles. The number of allylic oxidation sites excluding steroid dienone is 1. The summed E-state index contributed by atoms with van der Waals surface area (Å²) in [7, 11) is 0. The van der Waals surface area contributed by atoms with Gasteiger partial charge in [-0.2, -0.15) is 5.10 Å². The smallest absolute Gasteiger partial charge is 0.244 e. The van der Waals surface area contributed by atoms with Crippen molar-refractivity contribution in [1.82, 2.24) is 5.43 Å². The minimum atomic E-state index is -0.138. The monoisotopic (exact) mass is 406 g/mol. The van der Waals surface area contributed by atoms with Gasteiger partial charge in [0.15, 0.2) is 0 Å². The highest BCUT2D eigenvalue weighted by Crippen LogP contribution is 2.27.